The third-order valence-electron chi connectivity index (χ3n) is 3.98. The van der Waals surface area contributed by atoms with Crippen molar-refractivity contribution in [2.75, 3.05) is 6.54 Å². The summed E-state index contributed by atoms with van der Waals surface area (Å²) in [6, 6.07) is 5.86. The highest BCUT2D eigenvalue weighted by Crippen LogP contribution is 2.33. The van der Waals surface area contributed by atoms with Gasteiger partial charge in [0.2, 0.25) is 0 Å². The van der Waals surface area contributed by atoms with E-state index < -0.39 is 6.10 Å². The van der Waals surface area contributed by atoms with E-state index in [1.54, 1.807) is 27.9 Å². The van der Waals surface area contributed by atoms with E-state index in [-0.39, 0.29) is 24.3 Å². The third-order valence-corrected chi connectivity index (χ3v) is 3.98. The number of carbonyl (C=O) groups is 1. The number of hydrogen-bond donors (Lipinski definition) is 1. The van der Waals surface area contributed by atoms with Crippen molar-refractivity contribution in [3.05, 3.63) is 53.6 Å². The van der Waals surface area contributed by atoms with Crippen LogP contribution in [0, 0.1) is 5.82 Å². The lowest BCUT2D eigenvalue weighted by Gasteiger charge is -2.24. The maximum absolute atomic E-state index is 13.4. The average Bonchev–Trinajstić information content (AvgIpc) is 3.13. The number of likely N-dealkylation sites (tertiary alicyclic amines) is 1. The van der Waals surface area contributed by atoms with Crippen LogP contribution in [0.25, 0.3) is 0 Å². The molecule has 1 amide bonds. The Labute approximate surface area is 128 Å². The van der Waals surface area contributed by atoms with E-state index in [9.17, 15) is 14.3 Å². The van der Waals surface area contributed by atoms with Crippen LogP contribution in [-0.4, -0.2) is 38.3 Å². The van der Waals surface area contributed by atoms with Gasteiger partial charge in [0.15, 0.2) is 0 Å². The van der Waals surface area contributed by atoms with E-state index in [0.717, 1.165) is 0 Å². The summed E-state index contributed by atoms with van der Waals surface area (Å²) >= 11 is 0. The maximum Gasteiger partial charge on any atom is 0.257 e. The van der Waals surface area contributed by atoms with Gasteiger partial charge in [0.25, 0.3) is 5.91 Å². The SMILES string of the molecule is CCn1cc(C(=O)N2CC(O)CC2c2cccc(F)c2)cn1. The lowest BCUT2D eigenvalue weighted by molar-refractivity contribution is 0.0715. The number of aryl methyl sites for hydroxylation is 1. The minimum atomic E-state index is -0.599. The second-order valence-corrected chi connectivity index (χ2v) is 5.50. The van der Waals surface area contributed by atoms with Gasteiger partial charge in [0.1, 0.15) is 5.82 Å². The largest absolute Gasteiger partial charge is 0.391 e. The molecule has 116 valence electrons. The van der Waals surface area contributed by atoms with Gasteiger partial charge in [0.05, 0.1) is 23.9 Å². The van der Waals surface area contributed by atoms with Gasteiger partial charge in [-0.25, -0.2) is 4.39 Å². The lowest BCUT2D eigenvalue weighted by Crippen LogP contribution is -2.31. The third kappa shape index (κ3) is 2.74. The molecule has 0 radical (unpaired) electrons. The number of aromatic nitrogens is 2. The fourth-order valence-corrected chi connectivity index (χ4v) is 2.88. The van der Waals surface area contributed by atoms with Crippen LogP contribution in [0.1, 0.15) is 35.3 Å². The predicted octanol–water partition coefficient (Wildman–Crippen LogP) is 1.99. The lowest BCUT2D eigenvalue weighted by atomic mass is 10.0. The second kappa shape index (κ2) is 5.88. The molecule has 1 fully saturated rings. The topological polar surface area (TPSA) is 58.4 Å². The first kappa shape index (κ1) is 14.7. The molecule has 2 atom stereocenters. The molecule has 1 aromatic heterocycles. The molecule has 1 N–H and O–H groups in total. The van der Waals surface area contributed by atoms with E-state index in [1.807, 2.05) is 6.92 Å². The number of rotatable bonds is 3. The van der Waals surface area contributed by atoms with Gasteiger partial charge in [-0.05, 0) is 31.0 Å². The number of amides is 1. The molecule has 1 saturated heterocycles. The quantitative estimate of drug-likeness (QED) is 0.943. The highest BCUT2D eigenvalue weighted by molar-refractivity contribution is 5.94. The molecule has 0 spiro atoms. The van der Waals surface area contributed by atoms with Crippen LogP contribution in [0.15, 0.2) is 36.7 Å². The van der Waals surface area contributed by atoms with E-state index in [4.69, 9.17) is 0 Å². The minimum absolute atomic E-state index is 0.189. The molecule has 3 rings (SSSR count). The summed E-state index contributed by atoms with van der Waals surface area (Å²) < 4.78 is 15.1. The zero-order valence-corrected chi connectivity index (χ0v) is 12.3. The molecule has 1 aliphatic rings. The summed E-state index contributed by atoms with van der Waals surface area (Å²) in [4.78, 5) is 14.3. The minimum Gasteiger partial charge on any atom is -0.391 e. The monoisotopic (exact) mass is 303 g/mol. The van der Waals surface area contributed by atoms with Gasteiger partial charge in [-0.2, -0.15) is 5.10 Å². The molecular weight excluding hydrogens is 285 g/mol. The summed E-state index contributed by atoms with van der Waals surface area (Å²) in [6.07, 6.45) is 3.03. The van der Waals surface area contributed by atoms with E-state index in [0.29, 0.717) is 24.1 Å². The smallest absolute Gasteiger partial charge is 0.257 e. The van der Waals surface area contributed by atoms with Crippen LogP contribution in [0.4, 0.5) is 4.39 Å². The molecule has 5 nitrogen and oxygen atoms in total. The van der Waals surface area contributed by atoms with Gasteiger partial charge < -0.3 is 10.0 Å². The highest BCUT2D eigenvalue weighted by Gasteiger charge is 2.36. The molecule has 1 aliphatic heterocycles. The van der Waals surface area contributed by atoms with E-state index >= 15 is 0 Å². The van der Waals surface area contributed by atoms with Gasteiger partial charge >= 0.3 is 0 Å². The van der Waals surface area contributed by atoms with E-state index in [2.05, 4.69) is 5.10 Å². The zero-order valence-electron chi connectivity index (χ0n) is 12.3. The van der Waals surface area contributed by atoms with Crippen LogP contribution < -0.4 is 0 Å². The van der Waals surface area contributed by atoms with Gasteiger partial charge in [-0.15, -0.1) is 0 Å². The van der Waals surface area contributed by atoms with E-state index in [1.165, 1.54) is 18.3 Å². The van der Waals surface area contributed by atoms with Crippen molar-refractivity contribution in [2.24, 2.45) is 0 Å². The molecule has 6 heteroatoms. The Morgan fingerprint density at radius 3 is 3.00 bits per heavy atom. The predicted molar refractivity (Wildman–Crippen MR) is 78.7 cm³/mol. The Morgan fingerprint density at radius 2 is 2.32 bits per heavy atom. The van der Waals surface area contributed by atoms with Crippen LogP contribution >= 0.6 is 0 Å². The number of halogens is 1. The fraction of sp³-hybridized carbons (Fsp3) is 0.375. The van der Waals surface area contributed by atoms with Gasteiger partial charge in [-0.1, -0.05) is 12.1 Å². The molecule has 2 aromatic rings. The first-order valence-electron chi connectivity index (χ1n) is 7.35. The average molecular weight is 303 g/mol. The first-order chi connectivity index (χ1) is 10.6. The molecule has 22 heavy (non-hydrogen) atoms. The number of hydrogen-bond acceptors (Lipinski definition) is 3. The fourth-order valence-electron chi connectivity index (χ4n) is 2.88. The van der Waals surface area contributed by atoms with Crippen LogP contribution in [0.5, 0.6) is 0 Å². The van der Waals surface area contributed by atoms with Crippen molar-refractivity contribution in [2.45, 2.75) is 32.0 Å². The van der Waals surface area contributed by atoms with Gasteiger partial charge in [-0.3, -0.25) is 9.48 Å². The number of benzene rings is 1. The Bertz CT molecular complexity index is 686. The zero-order chi connectivity index (χ0) is 15.7. The number of aliphatic hydroxyl groups excluding tert-OH is 1. The molecular formula is C16H18FN3O2. The van der Waals surface area contributed by atoms with Crippen molar-refractivity contribution in [1.82, 2.24) is 14.7 Å². The normalized spacial score (nSPS) is 21.3. The highest BCUT2D eigenvalue weighted by atomic mass is 19.1. The Morgan fingerprint density at radius 1 is 1.50 bits per heavy atom. The van der Waals surface area contributed by atoms with Crippen molar-refractivity contribution in [3.63, 3.8) is 0 Å². The second-order valence-electron chi connectivity index (χ2n) is 5.50. The number of carbonyl (C=O) groups excluding carboxylic acids is 1. The summed E-state index contributed by atoms with van der Waals surface area (Å²) in [7, 11) is 0. The van der Waals surface area contributed by atoms with Gasteiger partial charge in [0, 0.05) is 19.3 Å². The Balaban J connectivity index is 1.88. The summed E-state index contributed by atoms with van der Waals surface area (Å²) in [5.41, 5.74) is 1.19. The standard InChI is InChI=1S/C16H18FN3O2/c1-2-19-9-12(8-18-19)16(22)20-10-14(21)7-15(20)11-4-3-5-13(17)6-11/h3-6,8-9,14-15,21H,2,7,10H2,1H3. The Kier molecular flexibility index (Phi) is 3.94. The number of aliphatic hydroxyl groups is 1. The molecule has 2 unspecified atom stereocenters. The van der Waals surface area contributed by atoms with Crippen molar-refractivity contribution in [1.29, 1.82) is 0 Å². The molecule has 2 heterocycles. The van der Waals surface area contributed by atoms with Crippen LogP contribution in [0.2, 0.25) is 0 Å². The van der Waals surface area contributed by atoms with Crippen molar-refractivity contribution < 1.29 is 14.3 Å². The van der Waals surface area contributed by atoms with Crippen molar-refractivity contribution >= 4 is 5.91 Å². The molecule has 1 aromatic carbocycles. The number of β-amino-alcohol motifs (C(OH)–C–C–N with tert-alkyl or cyclic N) is 1. The Hall–Kier alpha value is -2.21. The van der Waals surface area contributed by atoms with Crippen LogP contribution in [0.3, 0.4) is 0 Å². The van der Waals surface area contributed by atoms with Crippen molar-refractivity contribution in [3.8, 4) is 0 Å². The summed E-state index contributed by atoms with van der Waals surface area (Å²) in [5, 5.41) is 14.0. The molecule has 0 bridgehead atoms. The maximum atomic E-state index is 13.4. The summed E-state index contributed by atoms with van der Waals surface area (Å²) in [6.45, 7) is 2.87. The number of nitrogens with zero attached hydrogens (tertiary/aromatic N) is 3. The van der Waals surface area contributed by atoms with Crippen LogP contribution in [-0.2, 0) is 6.54 Å². The molecule has 0 aliphatic carbocycles. The first-order valence-corrected chi connectivity index (χ1v) is 7.35. The molecule has 0 saturated carbocycles. The summed E-state index contributed by atoms with van der Waals surface area (Å²) in [5.74, 6) is -0.532.